The number of sulfonamides is 1. The molecule has 3 unspecified atom stereocenters. The molecule has 2 fully saturated rings. The van der Waals surface area contributed by atoms with E-state index < -0.39 is 26.8 Å². The van der Waals surface area contributed by atoms with Crippen LogP contribution in [0.25, 0.3) is 0 Å². The highest BCUT2D eigenvalue weighted by molar-refractivity contribution is 7.89. The van der Waals surface area contributed by atoms with Crippen molar-refractivity contribution in [2.45, 2.75) is 61.7 Å². The van der Waals surface area contributed by atoms with Gasteiger partial charge in [0.25, 0.3) is 0 Å². The summed E-state index contributed by atoms with van der Waals surface area (Å²) in [7, 11) is -4.08. The Morgan fingerprint density at radius 1 is 1.24 bits per heavy atom. The van der Waals surface area contributed by atoms with E-state index in [-0.39, 0.29) is 24.4 Å². The summed E-state index contributed by atoms with van der Waals surface area (Å²) in [5.41, 5.74) is 0. The first kappa shape index (κ1) is 20.1. The molecule has 9 heteroatoms. The number of carbonyl (C=O) groups excluding carboxylic acids is 1. The van der Waals surface area contributed by atoms with Crippen LogP contribution in [0.15, 0.2) is 29.2 Å². The van der Waals surface area contributed by atoms with Gasteiger partial charge >= 0.3 is 0 Å². The van der Waals surface area contributed by atoms with Crippen LogP contribution in [0.2, 0.25) is 0 Å². The normalized spacial score (nSPS) is 26.6. The van der Waals surface area contributed by atoms with Crippen molar-refractivity contribution in [1.29, 1.82) is 0 Å². The number of nitrogens with one attached hydrogen (secondary N) is 3. The van der Waals surface area contributed by atoms with E-state index in [1.54, 1.807) is 0 Å². The zero-order valence-electron chi connectivity index (χ0n) is 13.9. The predicted octanol–water partition coefficient (Wildman–Crippen LogP) is 1.31. The lowest BCUT2D eigenvalue weighted by atomic mass is 9.99. The van der Waals surface area contributed by atoms with E-state index in [9.17, 15) is 17.6 Å². The van der Waals surface area contributed by atoms with Crippen molar-refractivity contribution in [3.8, 4) is 0 Å². The summed E-state index contributed by atoms with van der Waals surface area (Å²) >= 11 is 0. The maximum Gasteiger partial charge on any atom is 0.244 e. The van der Waals surface area contributed by atoms with E-state index in [0.717, 1.165) is 31.7 Å². The van der Waals surface area contributed by atoms with Crippen LogP contribution in [-0.2, 0) is 14.8 Å². The van der Waals surface area contributed by atoms with Crippen molar-refractivity contribution >= 4 is 28.3 Å². The number of halogens is 2. The van der Waals surface area contributed by atoms with Gasteiger partial charge in [-0.3, -0.25) is 4.79 Å². The van der Waals surface area contributed by atoms with Gasteiger partial charge in [0, 0.05) is 18.1 Å². The number of rotatable bonds is 5. The summed E-state index contributed by atoms with van der Waals surface area (Å²) in [6.07, 6.45) is 3.95. The molecule has 0 aromatic heterocycles. The Labute approximate surface area is 153 Å². The van der Waals surface area contributed by atoms with Crippen molar-refractivity contribution in [3.63, 3.8) is 0 Å². The summed E-state index contributed by atoms with van der Waals surface area (Å²) in [4.78, 5) is 11.8. The Morgan fingerprint density at radius 3 is 2.44 bits per heavy atom. The van der Waals surface area contributed by atoms with Crippen LogP contribution in [0.1, 0.15) is 32.6 Å². The monoisotopic (exact) mass is 391 g/mol. The standard InChI is InChI=1S/C16H22FN3O3S.ClH/c1-10(20-24(22,23)15-5-3-2-4-14(15)17)16(21)19-13-8-11-6-7-12(9-13)18-11;/h2-5,10-13,18,20H,6-9H2,1H3,(H,19,21);1H. The number of hydrogen-bond acceptors (Lipinski definition) is 4. The van der Waals surface area contributed by atoms with Gasteiger partial charge in [0.2, 0.25) is 15.9 Å². The van der Waals surface area contributed by atoms with Crippen molar-refractivity contribution < 1.29 is 17.6 Å². The Balaban J connectivity index is 0.00000225. The molecule has 0 saturated carbocycles. The first-order valence-electron chi connectivity index (χ1n) is 8.18. The lowest BCUT2D eigenvalue weighted by Crippen LogP contribution is -2.52. The maximum absolute atomic E-state index is 13.7. The van der Waals surface area contributed by atoms with Crippen LogP contribution in [0.3, 0.4) is 0 Å². The minimum atomic E-state index is -4.08. The van der Waals surface area contributed by atoms with Crippen molar-refractivity contribution in [2.24, 2.45) is 0 Å². The number of fused-ring (bicyclic) bond motifs is 2. The third kappa shape index (κ3) is 4.69. The van der Waals surface area contributed by atoms with Crippen LogP contribution in [0.5, 0.6) is 0 Å². The molecule has 2 saturated heterocycles. The number of piperidine rings is 1. The van der Waals surface area contributed by atoms with Crippen LogP contribution in [-0.4, -0.2) is 38.5 Å². The molecule has 2 aliphatic heterocycles. The van der Waals surface area contributed by atoms with Crippen molar-refractivity contribution in [2.75, 3.05) is 0 Å². The molecule has 140 valence electrons. The second-order valence-electron chi connectivity index (χ2n) is 6.59. The summed E-state index contributed by atoms with van der Waals surface area (Å²) in [5.74, 6) is -1.23. The summed E-state index contributed by atoms with van der Waals surface area (Å²) < 4.78 is 40.4. The number of hydrogen-bond donors (Lipinski definition) is 3. The minimum Gasteiger partial charge on any atom is -0.352 e. The molecule has 1 aromatic rings. The molecule has 6 nitrogen and oxygen atoms in total. The topological polar surface area (TPSA) is 87.3 Å². The molecular formula is C16H23ClFN3O3S. The van der Waals surface area contributed by atoms with E-state index in [1.807, 2.05) is 0 Å². The zero-order valence-corrected chi connectivity index (χ0v) is 15.5. The van der Waals surface area contributed by atoms with Gasteiger partial charge in [-0.1, -0.05) is 12.1 Å². The average Bonchev–Trinajstić information content (AvgIpc) is 2.85. The predicted molar refractivity (Wildman–Crippen MR) is 94.5 cm³/mol. The third-order valence-corrected chi connectivity index (χ3v) is 6.24. The summed E-state index contributed by atoms with van der Waals surface area (Å²) in [6.45, 7) is 1.46. The van der Waals surface area contributed by atoms with Gasteiger partial charge in [-0.2, -0.15) is 4.72 Å². The van der Waals surface area contributed by atoms with Gasteiger partial charge in [0.15, 0.2) is 0 Å². The van der Waals surface area contributed by atoms with E-state index in [2.05, 4.69) is 15.4 Å². The first-order chi connectivity index (χ1) is 11.3. The van der Waals surface area contributed by atoms with Crippen molar-refractivity contribution in [3.05, 3.63) is 30.1 Å². The van der Waals surface area contributed by atoms with Crippen LogP contribution < -0.4 is 15.4 Å². The van der Waals surface area contributed by atoms with E-state index in [1.165, 1.54) is 25.1 Å². The summed E-state index contributed by atoms with van der Waals surface area (Å²) in [5, 5.41) is 6.39. The second-order valence-corrected chi connectivity index (χ2v) is 8.27. The smallest absolute Gasteiger partial charge is 0.244 e. The fourth-order valence-corrected chi connectivity index (χ4v) is 4.80. The number of amides is 1. The third-order valence-electron chi connectivity index (χ3n) is 4.67. The van der Waals surface area contributed by atoms with Gasteiger partial charge in [-0.25, -0.2) is 12.8 Å². The molecule has 3 atom stereocenters. The molecule has 1 aromatic carbocycles. The largest absolute Gasteiger partial charge is 0.352 e. The zero-order chi connectivity index (χ0) is 17.3. The van der Waals surface area contributed by atoms with Crippen LogP contribution in [0, 0.1) is 5.82 Å². The molecule has 2 heterocycles. The fraction of sp³-hybridized carbons (Fsp3) is 0.562. The molecule has 0 radical (unpaired) electrons. The Hall–Kier alpha value is -1.22. The summed E-state index contributed by atoms with van der Waals surface area (Å²) in [6, 6.07) is 5.04. The van der Waals surface area contributed by atoms with Gasteiger partial charge in [0.05, 0.1) is 6.04 Å². The average molecular weight is 392 g/mol. The Kier molecular flexibility index (Phi) is 6.42. The lowest BCUT2D eigenvalue weighted by molar-refractivity contribution is -0.123. The number of carbonyl (C=O) groups is 1. The molecule has 0 spiro atoms. The minimum absolute atomic E-state index is 0. The van der Waals surface area contributed by atoms with Crippen LogP contribution in [0.4, 0.5) is 4.39 Å². The van der Waals surface area contributed by atoms with Gasteiger partial charge < -0.3 is 10.6 Å². The van der Waals surface area contributed by atoms with Crippen molar-refractivity contribution in [1.82, 2.24) is 15.4 Å². The number of benzene rings is 1. The quantitative estimate of drug-likeness (QED) is 0.706. The van der Waals surface area contributed by atoms with E-state index in [0.29, 0.717) is 12.1 Å². The highest BCUT2D eigenvalue weighted by atomic mass is 35.5. The molecule has 3 rings (SSSR count). The molecule has 0 aliphatic carbocycles. The fourth-order valence-electron chi connectivity index (χ4n) is 3.51. The highest BCUT2D eigenvalue weighted by Crippen LogP contribution is 2.26. The lowest BCUT2D eigenvalue weighted by Gasteiger charge is -2.30. The highest BCUT2D eigenvalue weighted by Gasteiger charge is 2.35. The van der Waals surface area contributed by atoms with E-state index >= 15 is 0 Å². The van der Waals surface area contributed by atoms with Crippen LogP contribution >= 0.6 is 12.4 Å². The van der Waals surface area contributed by atoms with Gasteiger partial charge in [0.1, 0.15) is 10.7 Å². The second kappa shape index (κ2) is 7.99. The first-order valence-corrected chi connectivity index (χ1v) is 9.67. The maximum atomic E-state index is 13.7. The molecule has 3 N–H and O–H groups in total. The molecule has 2 aliphatic rings. The molecule has 1 amide bonds. The molecule has 2 bridgehead atoms. The van der Waals surface area contributed by atoms with E-state index in [4.69, 9.17) is 0 Å². The Bertz CT molecular complexity index is 719. The van der Waals surface area contributed by atoms with Gasteiger partial charge in [-0.15, -0.1) is 12.4 Å². The Morgan fingerprint density at radius 2 is 1.84 bits per heavy atom. The molecule has 25 heavy (non-hydrogen) atoms. The molecular weight excluding hydrogens is 369 g/mol. The van der Waals surface area contributed by atoms with Gasteiger partial charge in [-0.05, 0) is 44.7 Å². The SMILES string of the molecule is CC(NS(=O)(=O)c1ccccc1F)C(=O)NC1CC2CCC(C1)N2.Cl.